The Morgan fingerprint density at radius 1 is 1.33 bits per heavy atom. The summed E-state index contributed by atoms with van der Waals surface area (Å²) in [6.45, 7) is 3.90. The second-order valence-corrected chi connectivity index (χ2v) is 3.88. The molecule has 3 nitrogen and oxygen atoms in total. The van der Waals surface area contributed by atoms with Crippen LogP contribution in [-0.4, -0.2) is 16.9 Å². The van der Waals surface area contributed by atoms with E-state index in [0.29, 0.717) is 5.56 Å². The number of rotatable bonds is 2. The minimum Gasteiger partial charge on any atom is -0.361 e. The number of H-pyrrole nitrogens is 1. The number of hydrogen-bond acceptors (Lipinski definition) is 1. The average Bonchev–Trinajstić information content (AvgIpc) is 2.63. The van der Waals surface area contributed by atoms with Gasteiger partial charge >= 0.3 is 0 Å². The first-order chi connectivity index (χ1) is 7.18. The molecule has 2 rings (SSSR count). The first-order valence-corrected chi connectivity index (χ1v) is 5.05. The molecule has 1 heterocycles. The van der Waals surface area contributed by atoms with Crippen LogP contribution in [0.4, 0.5) is 0 Å². The Labute approximate surface area is 88.5 Å². The normalized spacial score (nSPS) is 10.9. The second kappa shape index (κ2) is 3.77. The lowest BCUT2D eigenvalue weighted by molar-refractivity contribution is 0.0944. The molecule has 0 bridgehead atoms. The zero-order valence-corrected chi connectivity index (χ0v) is 8.87. The van der Waals surface area contributed by atoms with E-state index >= 15 is 0 Å². The van der Waals surface area contributed by atoms with E-state index in [9.17, 15) is 4.79 Å². The number of aromatic nitrogens is 1. The van der Waals surface area contributed by atoms with Gasteiger partial charge in [0.1, 0.15) is 0 Å². The van der Waals surface area contributed by atoms with Gasteiger partial charge in [0.05, 0.1) is 11.1 Å². The Morgan fingerprint density at radius 3 is 2.87 bits per heavy atom. The molecule has 0 atom stereocenters. The van der Waals surface area contributed by atoms with Crippen LogP contribution in [0.5, 0.6) is 0 Å². The van der Waals surface area contributed by atoms with E-state index < -0.39 is 0 Å². The molecule has 2 aromatic rings. The molecular formula is C12H14N2O. The van der Waals surface area contributed by atoms with Crippen molar-refractivity contribution in [2.45, 2.75) is 19.9 Å². The van der Waals surface area contributed by atoms with Crippen molar-refractivity contribution in [3.05, 3.63) is 36.0 Å². The Balaban J connectivity index is 2.42. The van der Waals surface area contributed by atoms with E-state index in [2.05, 4.69) is 10.3 Å². The lowest BCUT2D eigenvalue weighted by Crippen LogP contribution is -2.30. The first kappa shape index (κ1) is 9.77. The number of hydrogen-bond donors (Lipinski definition) is 2. The fraction of sp³-hybridized carbons (Fsp3) is 0.250. The molecule has 0 saturated heterocycles. The van der Waals surface area contributed by atoms with Crippen molar-refractivity contribution >= 4 is 16.8 Å². The summed E-state index contributed by atoms with van der Waals surface area (Å²) in [4.78, 5) is 14.9. The molecule has 0 radical (unpaired) electrons. The molecule has 0 spiro atoms. The number of carbonyl (C=O) groups excluding carboxylic acids is 1. The highest BCUT2D eigenvalue weighted by molar-refractivity contribution is 6.05. The van der Waals surface area contributed by atoms with Crippen LogP contribution in [0, 0.1) is 0 Å². The Morgan fingerprint density at radius 2 is 2.13 bits per heavy atom. The Hall–Kier alpha value is -1.77. The molecular weight excluding hydrogens is 188 g/mol. The molecule has 1 aromatic carbocycles. The van der Waals surface area contributed by atoms with Crippen LogP contribution in [0.3, 0.4) is 0 Å². The van der Waals surface area contributed by atoms with Crippen LogP contribution in [0.1, 0.15) is 24.2 Å². The molecule has 15 heavy (non-hydrogen) atoms. The van der Waals surface area contributed by atoms with Gasteiger partial charge in [-0.15, -0.1) is 0 Å². The molecule has 0 aliphatic carbocycles. The van der Waals surface area contributed by atoms with E-state index in [0.717, 1.165) is 10.9 Å². The number of fused-ring (bicyclic) bond motifs is 1. The van der Waals surface area contributed by atoms with E-state index in [1.165, 1.54) is 0 Å². The first-order valence-electron chi connectivity index (χ1n) is 5.05. The second-order valence-electron chi connectivity index (χ2n) is 3.88. The predicted octanol–water partition coefficient (Wildman–Crippen LogP) is 2.31. The highest BCUT2D eigenvalue weighted by atomic mass is 16.1. The molecule has 0 aliphatic rings. The SMILES string of the molecule is CC(C)NC(=O)c1cccc2cc[nH]c12. The van der Waals surface area contributed by atoms with Gasteiger partial charge in [-0.1, -0.05) is 12.1 Å². The lowest BCUT2D eigenvalue weighted by Gasteiger charge is -2.08. The maximum atomic E-state index is 11.8. The van der Waals surface area contributed by atoms with Crippen molar-refractivity contribution in [2.24, 2.45) is 0 Å². The summed E-state index contributed by atoms with van der Waals surface area (Å²) in [5.74, 6) is -0.0296. The van der Waals surface area contributed by atoms with Crippen molar-refractivity contribution in [3.63, 3.8) is 0 Å². The van der Waals surface area contributed by atoms with Crippen LogP contribution in [0.25, 0.3) is 10.9 Å². The molecule has 1 aromatic heterocycles. The number of para-hydroxylation sites is 1. The number of nitrogens with one attached hydrogen (secondary N) is 2. The fourth-order valence-corrected chi connectivity index (χ4v) is 1.61. The van der Waals surface area contributed by atoms with E-state index in [-0.39, 0.29) is 11.9 Å². The largest absolute Gasteiger partial charge is 0.361 e. The maximum absolute atomic E-state index is 11.8. The van der Waals surface area contributed by atoms with Gasteiger partial charge in [-0.2, -0.15) is 0 Å². The van der Waals surface area contributed by atoms with Gasteiger partial charge in [0.2, 0.25) is 0 Å². The molecule has 0 saturated carbocycles. The maximum Gasteiger partial charge on any atom is 0.253 e. The zero-order chi connectivity index (χ0) is 10.8. The van der Waals surface area contributed by atoms with Gasteiger partial charge < -0.3 is 10.3 Å². The molecule has 0 aliphatic heterocycles. The number of carbonyl (C=O) groups is 1. The minimum atomic E-state index is -0.0296. The van der Waals surface area contributed by atoms with Crippen LogP contribution < -0.4 is 5.32 Å². The van der Waals surface area contributed by atoms with Crippen molar-refractivity contribution in [1.29, 1.82) is 0 Å². The zero-order valence-electron chi connectivity index (χ0n) is 8.87. The molecule has 2 N–H and O–H groups in total. The predicted molar refractivity (Wildman–Crippen MR) is 60.9 cm³/mol. The number of amides is 1. The lowest BCUT2D eigenvalue weighted by atomic mass is 10.1. The highest BCUT2D eigenvalue weighted by Crippen LogP contribution is 2.16. The summed E-state index contributed by atoms with van der Waals surface area (Å²) < 4.78 is 0. The van der Waals surface area contributed by atoms with Crippen molar-refractivity contribution in [3.8, 4) is 0 Å². The van der Waals surface area contributed by atoms with Crippen LogP contribution in [0.15, 0.2) is 30.5 Å². The smallest absolute Gasteiger partial charge is 0.253 e. The Kier molecular flexibility index (Phi) is 2.46. The summed E-state index contributed by atoms with van der Waals surface area (Å²) in [6, 6.07) is 7.82. The topological polar surface area (TPSA) is 44.9 Å². The van der Waals surface area contributed by atoms with Crippen LogP contribution in [-0.2, 0) is 0 Å². The van der Waals surface area contributed by atoms with Crippen LogP contribution >= 0.6 is 0 Å². The third kappa shape index (κ3) is 1.86. The Bertz CT molecular complexity index is 485. The summed E-state index contributed by atoms with van der Waals surface area (Å²) in [7, 11) is 0. The van der Waals surface area contributed by atoms with Gasteiger partial charge in [0.25, 0.3) is 5.91 Å². The molecule has 1 amide bonds. The third-order valence-electron chi connectivity index (χ3n) is 2.25. The highest BCUT2D eigenvalue weighted by Gasteiger charge is 2.10. The van der Waals surface area contributed by atoms with Crippen molar-refractivity contribution in [2.75, 3.05) is 0 Å². The summed E-state index contributed by atoms with van der Waals surface area (Å²) in [5, 5.41) is 3.94. The molecule has 0 unspecified atom stereocenters. The summed E-state index contributed by atoms with van der Waals surface area (Å²) in [6.07, 6.45) is 1.84. The molecule has 0 fully saturated rings. The standard InChI is InChI=1S/C12H14N2O/c1-8(2)14-12(15)10-5-3-4-9-6-7-13-11(9)10/h3-8,13H,1-2H3,(H,14,15). The van der Waals surface area contributed by atoms with Crippen molar-refractivity contribution in [1.82, 2.24) is 10.3 Å². The van der Waals surface area contributed by atoms with E-state index in [1.54, 1.807) is 0 Å². The average molecular weight is 202 g/mol. The monoisotopic (exact) mass is 202 g/mol. The quantitative estimate of drug-likeness (QED) is 0.771. The van der Waals surface area contributed by atoms with Crippen molar-refractivity contribution < 1.29 is 4.79 Å². The third-order valence-corrected chi connectivity index (χ3v) is 2.25. The summed E-state index contributed by atoms with van der Waals surface area (Å²) >= 11 is 0. The van der Waals surface area contributed by atoms with Gasteiger partial charge in [0.15, 0.2) is 0 Å². The fourth-order valence-electron chi connectivity index (χ4n) is 1.61. The number of aromatic amines is 1. The van der Waals surface area contributed by atoms with E-state index in [1.807, 2.05) is 44.3 Å². The molecule has 3 heteroatoms. The van der Waals surface area contributed by atoms with Gasteiger partial charge in [-0.25, -0.2) is 0 Å². The van der Waals surface area contributed by atoms with E-state index in [4.69, 9.17) is 0 Å². The van der Waals surface area contributed by atoms with Gasteiger partial charge in [-0.05, 0) is 26.0 Å². The number of benzene rings is 1. The van der Waals surface area contributed by atoms with Gasteiger partial charge in [-0.3, -0.25) is 4.79 Å². The molecule has 78 valence electrons. The van der Waals surface area contributed by atoms with Gasteiger partial charge in [0, 0.05) is 17.6 Å². The minimum absolute atomic E-state index is 0.0296. The van der Waals surface area contributed by atoms with Crippen LogP contribution in [0.2, 0.25) is 0 Å². The summed E-state index contributed by atoms with van der Waals surface area (Å²) in [5.41, 5.74) is 1.60.